The molecule has 1 aliphatic carbocycles. The molecule has 0 saturated carbocycles. The Bertz CT molecular complexity index is 296. The van der Waals surface area contributed by atoms with E-state index in [1.54, 1.807) is 0 Å². The van der Waals surface area contributed by atoms with Gasteiger partial charge in [0.1, 0.15) is 0 Å². The number of Topliss-reactive ketones (excluding diaryl/α,β-unsaturated/α-hetero) is 1. The van der Waals surface area contributed by atoms with E-state index in [0.717, 1.165) is 44.3 Å². The van der Waals surface area contributed by atoms with Crippen molar-refractivity contribution < 1.29 is 4.79 Å². The summed E-state index contributed by atoms with van der Waals surface area (Å²) >= 11 is 0. The summed E-state index contributed by atoms with van der Waals surface area (Å²) in [5.74, 6) is 0.700. The minimum absolute atomic E-state index is 0.291. The van der Waals surface area contributed by atoms with Crippen LogP contribution >= 0.6 is 0 Å². The van der Waals surface area contributed by atoms with Crippen molar-refractivity contribution in [2.45, 2.75) is 25.7 Å². The first-order chi connectivity index (χ1) is 7.27. The molecule has 2 heteroatoms. The number of rotatable bonds is 2. The van der Waals surface area contributed by atoms with Crippen LogP contribution in [0.2, 0.25) is 0 Å². The summed E-state index contributed by atoms with van der Waals surface area (Å²) in [6.07, 6.45) is 10.2. The van der Waals surface area contributed by atoms with Crippen molar-refractivity contribution in [1.29, 1.82) is 0 Å². The molecular formula is C13H19NO. The normalized spacial score (nSPS) is 23.9. The zero-order valence-corrected chi connectivity index (χ0v) is 9.41. The van der Waals surface area contributed by atoms with E-state index in [4.69, 9.17) is 0 Å². The van der Waals surface area contributed by atoms with Gasteiger partial charge in [0, 0.05) is 5.92 Å². The Morgan fingerprint density at radius 1 is 1.40 bits per heavy atom. The molecule has 1 saturated heterocycles. The standard InChI is InChI=1S/C13H19NO/c1-14-9-7-12(8-10-14)13(15)11-5-3-2-4-6-11/h2-3,5,12H,4,6-10H2,1H3. The zero-order chi connectivity index (χ0) is 10.7. The molecule has 82 valence electrons. The van der Waals surface area contributed by atoms with Crippen molar-refractivity contribution in [3.63, 3.8) is 0 Å². The molecule has 0 aromatic rings. The first-order valence-electron chi connectivity index (χ1n) is 5.86. The Morgan fingerprint density at radius 2 is 2.13 bits per heavy atom. The Labute approximate surface area is 91.6 Å². The molecule has 0 amide bonds. The SMILES string of the molecule is CN1CCC(C(=O)C2=CC=CCC2)CC1. The van der Waals surface area contributed by atoms with Crippen LogP contribution in [-0.2, 0) is 4.79 Å². The molecule has 15 heavy (non-hydrogen) atoms. The number of hydrogen-bond acceptors (Lipinski definition) is 2. The topological polar surface area (TPSA) is 20.3 Å². The van der Waals surface area contributed by atoms with Crippen LogP contribution in [0.15, 0.2) is 23.8 Å². The van der Waals surface area contributed by atoms with Crippen LogP contribution in [-0.4, -0.2) is 30.8 Å². The molecule has 0 radical (unpaired) electrons. The smallest absolute Gasteiger partial charge is 0.162 e. The molecule has 0 N–H and O–H groups in total. The monoisotopic (exact) mass is 205 g/mol. The minimum atomic E-state index is 0.291. The van der Waals surface area contributed by atoms with Crippen molar-refractivity contribution in [3.8, 4) is 0 Å². The molecule has 1 fully saturated rings. The highest BCUT2D eigenvalue weighted by Gasteiger charge is 2.25. The van der Waals surface area contributed by atoms with Gasteiger partial charge in [0.2, 0.25) is 0 Å². The third-order valence-corrected chi connectivity index (χ3v) is 3.42. The second-order valence-corrected chi connectivity index (χ2v) is 4.60. The fraction of sp³-hybridized carbons (Fsp3) is 0.615. The summed E-state index contributed by atoms with van der Waals surface area (Å²) in [7, 11) is 2.13. The van der Waals surface area contributed by atoms with Crippen molar-refractivity contribution in [2.24, 2.45) is 5.92 Å². The molecule has 0 bridgehead atoms. The summed E-state index contributed by atoms with van der Waals surface area (Å²) in [5.41, 5.74) is 1.05. The molecule has 0 aromatic heterocycles. The first-order valence-corrected chi connectivity index (χ1v) is 5.86. The molecule has 0 spiro atoms. The van der Waals surface area contributed by atoms with Crippen LogP contribution in [0.4, 0.5) is 0 Å². The van der Waals surface area contributed by atoms with Gasteiger partial charge in [0.05, 0.1) is 0 Å². The Kier molecular flexibility index (Phi) is 3.37. The second kappa shape index (κ2) is 4.75. The van der Waals surface area contributed by atoms with E-state index in [9.17, 15) is 4.79 Å². The number of carbonyl (C=O) groups excluding carboxylic acids is 1. The van der Waals surface area contributed by atoms with Gasteiger partial charge < -0.3 is 4.90 Å². The van der Waals surface area contributed by atoms with E-state index >= 15 is 0 Å². The number of hydrogen-bond donors (Lipinski definition) is 0. The number of nitrogens with zero attached hydrogens (tertiary/aromatic N) is 1. The maximum atomic E-state index is 12.1. The largest absolute Gasteiger partial charge is 0.306 e. The highest BCUT2D eigenvalue weighted by molar-refractivity contribution is 5.97. The summed E-state index contributed by atoms with van der Waals surface area (Å²) < 4.78 is 0. The summed E-state index contributed by atoms with van der Waals surface area (Å²) in [5, 5.41) is 0. The lowest BCUT2D eigenvalue weighted by Crippen LogP contribution is -2.34. The Morgan fingerprint density at radius 3 is 2.73 bits per heavy atom. The third-order valence-electron chi connectivity index (χ3n) is 3.42. The molecule has 0 atom stereocenters. The molecule has 1 aliphatic heterocycles. The van der Waals surface area contributed by atoms with E-state index in [-0.39, 0.29) is 0 Å². The molecule has 1 heterocycles. The second-order valence-electron chi connectivity index (χ2n) is 4.60. The number of ketones is 1. The first kappa shape index (κ1) is 10.6. The average molecular weight is 205 g/mol. The number of carbonyl (C=O) groups is 1. The summed E-state index contributed by atoms with van der Waals surface area (Å²) in [6, 6.07) is 0. The van der Waals surface area contributed by atoms with Gasteiger partial charge in [-0.2, -0.15) is 0 Å². The van der Waals surface area contributed by atoms with Crippen LogP contribution in [0.1, 0.15) is 25.7 Å². The van der Waals surface area contributed by atoms with Crippen LogP contribution in [0, 0.1) is 5.92 Å². The Balaban J connectivity index is 1.96. The predicted molar refractivity (Wildman–Crippen MR) is 61.7 cm³/mol. The van der Waals surface area contributed by atoms with Gasteiger partial charge in [-0.05, 0) is 51.4 Å². The van der Waals surface area contributed by atoms with Crippen LogP contribution < -0.4 is 0 Å². The molecular weight excluding hydrogens is 186 g/mol. The third kappa shape index (κ3) is 2.57. The fourth-order valence-corrected chi connectivity index (χ4v) is 2.34. The Hall–Kier alpha value is -0.890. The molecule has 0 aromatic carbocycles. The van der Waals surface area contributed by atoms with Crippen molar-refractivity contribution in [1.82, 2.24) is 4.90 Å². The van der Waals surface area contributed by atoms with E-state index in [1.807, 2.05) is 12.2 Å². The van der Waals surface area contributed by atoms with Gasteiger partial charge in [-0.1, -0.05) is 18.2 Å². The van der Waals surface area contributed by atoms with Gasteiger partial charge in [0.25, 0.3) is 0 Å². The highest BCUT2D eigenvalue weighted by Crippen LogP contribution is 2.23. The zero-order valence-electron chi connectivity index (χ0n) is 9.41. The quantitative estimate of drug-likeness (QED) is 0.688. The highest BCUT2D eigenvalue weighted by atomic mass is 16.1. The number of likely N-dealkylation sites (tertiary alicyclic amines) is 1. The molecule has 2 aliphatic rings. The van der Waals surface area contributed by atoms with Gasteiger partial charge in [-0.3, -0.25) is 4.79 Å². The van der Waals surface area contributed by atoms with E-state index in [1.165, 1.54) is 0 Å². The summed E-state index contributed by atoms with van der Waals surface area (Å²) in [4.78, 5) is 14.4. The van der Waals surface area contributed by atoms with Crippen LogP contribution in [0.5, 0.6) is 0 Å². The lowest BCUT2D eigenvalue weighted by atomic mass is 9.86. The van der Waals surface area contributed by atoms with Gasteiger partial charge in [-0.25, -0.2) is 0 Å². The lowest BCUT2D eigenvalue weighted by molar-refractivity contribution is -0.120. The molecule has 2 nitrogen and oxygen atoms in total. The van der Waals surface area contributed by atoms with Gasteiger partial charge in [-0.15, -0.1) is 0 Å². The summed E-state index contributed by atoms with van der Waals surface area (Å²) in [6.45, 7) is 2.14. The molecule has 0 unspecified atom stereocenters. The minimum Gasteiger partial charge on any atom is -0.306 e. The van der Waals surface area contributed by atoms with Crippen molar-refractivity contribution >= 4 is 5.78 Å². The maximum Gasteiger partial charge on any atom is 0.162 e. The number of allylic oxidation sites excluding steroid dienone is 4. The van der Waals surface area contributed by atoms with Gasteiger partial charge >= 0.3 is 0 Å². The van der Waals surface area contributed by atoms with E-state index in [0.29, 0.717) is 11.7 Å². The van der Waals surface area contributed by atoms with E-state index in [2.05, 4.69) is 18.0 Å². The lowest BCUT2D eigenvalue weighted by Gasteiger charge is -2.28. The van der Waals surface area contributed by atoms with Gasteiger partial charge in [0.15, 0.2) is 5.78 Å². The van der Waals surface area contributed by atoms with E-state index < -0.39 is 0 Å². The predicted octanol–water partition coefficient (Wildman–Crippen LogP) is 2.17. The van der Waals surface area contributed by atoms with Crippen LogP contribution in [0.3, 0.4) is 0 Å². The molecule has 2 rings (SSSR count). The number of piperidine rings is 1. The average Bonchev–Trinajstić information content (AvgIpc) is 2.30. The maximum absolute atomic E-state index is 12.1. The van der Waals surface area contributed by atoms with Crippen molar-refractivity contribution in [3.05, 3.63) is 23.8 Å². The fourth-order valence-electron chi connectivity index (χ4n) is 2.34. The van der Waals surface area contributed by atoms with Crippen molar-refractivity contribution in [2.75, 3.05) is 20.1 Å². The van der Waals surface area contributed by atoms with Crippen LogP contribution in [0.25, 0.3) is 0 Å².